The van der Waals surface area contributed by atoms with E-state index in [0.717, 1.165) is 12.3 Å². The molecule has 0 aliphatic heterocycles. The maximum Gasteiger partial charge on any atom is 0.138 e. The number of halogens is 1. The molecule has 3 aliphatic rings. The summed E-state index contributed by atoms with van der Waals surface area (Å²) in [4.78, 5) is 11.5. The first-order valence-corrected chi connectivity index (χ1v) is 5.39. The van der Waals surface area contributed by atoms with E-state index >= 15 is 0 Å². The molecule has 0 heterocycles. The Hall–Kier alpha value is -0.0400. The van der Waals surface area contributed by atoms with E-state index in [-0.39, 0.29) is 11.3 Å². The van der Waals surface area contributed by atoms with E-state index in [1.165, 1.54) is 19.3 Å². The highest BCUT2D eigenvalue weighted by atomic mass is 35.5. The van der Waals surface area contributed by atoms with Crippen LogP contribution in [-0.4, -0.2) is 11.2 Å². The molecule has 3 aliphatic carbocycles. The number of ketones is 1. The van der Waals surface area contributed by atoms with Gasteiger partial charge in [-0.05, 0) is 30.6 Å². The fourth-order valence-electron chi connectivity index (χ4n) is 3.78. The maximum absolute atomic E-state index is 11.5. The molecule has 3 fully saturated rings. The van der Waals surface area contributed by atoms with Gasteiger partial charge >= 0.3 is 0 Å². The van der Waals surface area contributed by atoms with Crippen molar-refractivity contribution in [2.24, 2.45) is 23.7 Å². The minimum atomic E-state index is 0.202. The van der Waals surface area contributed by atoms with Crippen molar-refractivity contribution < 1.29 is 4.79 Å². The fraction of sp³-hybridized carbons (Fsp3) is 0.900. The van der Waals surface area contributed by atoms with Crippen LogP contribution in [0.5, 0.6) is 0 Å². The third kappa shape index (κ3) is 0.693. The number of hydrogen-bond acceptors (Lipinski definition) is 1. The van der Waals surface area contributed by atoms with E-state index in [9.17, 15) is 4.79 Å². The summed E-state index contributed by atoms with van der Waals surface area (Å²) in [6.07, 6.45) is 4.72. The van der Waals surface area contributed by atoms with Gasteiger partial charge in [0.15, 0.2) is 0 Å². The molecule has 0 unspecified atom stereocenters. The average Bonchev–Trinajstić information content (AvgIpc) is 2.61. The van der Waals surface area contributed by atoms with Gasteiger partial charge in [0.05, 0.1) is 0 Å². The zero-order valence-electron chi connectivity index (χ0n) is 7.00. The standard InChI is InChI=1S/C10H13ClO/c11-10-7-4-8(12)9(10)6-3-1-2-5(6)7/h5-7,9-10H,1-4H2/t5-,6+,7-,9-,10+/m1/s1. The van der Waals surface area contributed by atoms with Gasteiger partial charge in [-0.3, -0.25) is 4.79 Å². The van der Waals surface area contributed by atoms with Crippen LogP contribution in [-0.2, 0) is 4.79 Å². The topological polar surface area (TPSA) is 17.1 Å². The lowest BCUT2D eigenvalue weighted by Gasteiger charge is -2.22. The lowest BCUT2D eigenvalue weighted by Crippen LogP contribution is -2.24. The quantitative estimate of drug-likeness (QED) is 0.528. The Labute approximate surface area is 77.5 Å². The maximum atomic E-state index is 11.5. The first kappa shape index (κ1) is 7.37. The average molecular weight is 185 g/mol. The number of rotatable bonds is 0. The van der Waals surface area contributed by atoms with Gasteiger partial charge in [-0.1, -0.05) is 6.42 Å². The zero-order valence-corrected chi connectivity index (χ0v) is 7.76. The minimum absolute atomic E-state index is 0.202. The van der Waals surface area contributed by atoms with E-state index in [1.54, 1.807) is 0 Å². The Balaban J connectivity index is 1.99. The van der Waals surface area contributed by atoms with Gasteiger partial charge in [0.1, 0.15) is 5.78 Å². The molecule has 2 bridgehead atoms. The number of carbonyl (C=O) groups is 1. The van der Waals surface area contributed by atoms with Crippen LogP contribution in [0.2, 0.25) is 0 Å². The summed E-state index contributed by atoms with van der Waals surface area (Å²) in [5, 5.41) is 0.202. The van der Waals surface area contributed by atoms with Crippen molar-refractivity contribution in [3.05, 3.63) is 0 Å². The first-order valence-electron chi connectivity index (χ1n) is 4.96. The fourth-order valence-corrected chi connectivity index (χ4v) is 4.39. The Morgan fingerprint density at radius 1 is 1.17 bits per heavy atom. The van der Waals surface area contributed by atoms with E-state index in [1.807, 2.05) is 0 Å². The van der Waals surface area contributed by atoms with Crippen molar-refractivity contribution in [2.45, 2.75) is 31.1 Å². The molecular formula is C10H13ClO. The monoisotopic (exact) mass is 184 g/mol. The number of hydrogen-bond donors (Lipinski definition) is 0. The third-order valence-electron chi connectivity index (χ3n) is 4.20. The van der Waals surface area contributed by atoms with E-state index in [0.29, 0.717) is 17.6 Å². The van der Waals surface area contributed by atoms with Crippen LogP contribution >= 0.6 is 11.6 Å². The molecule has 3 saturated carbocycles. The Morgan fingerprint density at radius 3 is 2.75 bits per heavy atom. The molecule has 3 rings (SSSR count). The highest BCUT2D eigenvalue weighted by molar-refractivity contribution is 6.24. The van der Waals surface area contributed by atoms with E-state index < -0.39 is 0 Å². The molecule has 0 spiro atoms. The SMILES string of the molecule is O=C1C[C@H]2[C@H](Cl)[C@@H]1[C@H]1CCC[C@@H]21. The van der Waals surface area contributed by atoms with Gasteiger partial charge < -0.3 is 0 Å². The van der Waals surface area contributed by atoms with Crippen molar-refractivity contribution in [1.29, 1.82) is 0 Å². The summed E-state index contributed by atoms with van der Waals surface area (Å²) in [5.74, 6) is 2.76. The molecule has 0 amide bonds. The third-order valence-corrected chi connectivity index (χ3v) is 4.79. The molecule has 0 saturated heterocycles. The second-order valence-corrected chi connectivity index (χ2v) is 5.07. The highest BCUT2D eigenvalue weighted by Crippen LogP contribution is 2.58. The minimum Gasteiger partial charge on any atom is -0.299 e. The molecule has 5 atom stereocenters. The number of alkyl halides is 1. The van der Waals surface area contributed by atoms with Crippen LogP contribution in [0.25, 0.3) is 0 Å². The summed E-state index contributed by atoms with van der Waals surface area (Å²) in [7, 11) is 0. The lowest BCUT2D eigenvalue weighted by molar-refractivity contribution is -0.123. The van der Waals surface area contributed by atoms with E-state index in [4.69, 9.17) is 11.6 Å². The Morgan fingerprint density at radius 2 is 1.92 bits per heavy atom. The van der Waals surface area contributed by atoms with Crippen molar-refractivity contribution in [3.8, 4) is 0 Å². The van der Waals surface area contributed by atoms with Gasteiger partial charge in [-0.15, -0.1) is 11.6 Å². The summed E-state index contributed by atoms with van der Waals surface area (Å²) in [6.45, 7) is 0. The van der Waals surface area contributed by atoms with Crippen molar-refractivity contribution in [1.82, 2.24) is 0 Å². The van der Waals surface area contributed by atoms with Gasteiger partial charge in [0, 0.05) is 17.7 Å². The molecular weight excluding hydrogens is 172 g/mol. The lowest BCUT2D eigenvalue weighted by atomic mass is 9.81. The van der Waals surface area contributed by atoms with Crippen molar-refractivity contribution >= 4 is 17.4 Å². The van der Waals surface area contributed by atoms with Crippen LogP contribution in [0.3, 0.4) is 0 Å². The molecule has 0 N–H and O–H groups in total. The Kier molecular flexibility index (Phi) is 1.39. The van der Waals surface area contributed by atoms with Crippen LogP contribution < -0.4 is 0 Å². The predicted octanol–water partition coefficient (Wildman–Crippen LogP) is 2.23. The molecule has 0 radical (unpaired) electrons. The van der Waals surface area contributed by atoms with Crippen LogP contribution in [0.1, 0.15) is 25.7 Å². The van der Waals surface area contributed by atoms with Gasteiger partial charge in [0.2, 0.25) is 0 Å². The highest BCUT2D eigenvalue weighted by Gasteiger charge is 2.59. The van der Waals surface area contributed by atoms with Gasteiger partial charge in [-0.2, -0.15) is 0 Å². The second-order valence-electron chi connectivity index (χ2n) is 4.56. The zero-order chi connectivity index (χ0) is 8.29. The molecule has 0 aromatic carbocycles. The number of Topliss-reactive ketones (excluding diaryl/α,β-unsaturated/α-hetero) is 1. The van der Waals surface area contributed by atoms with E-state index in [2.05, 4.69) is 0 Å². The summed E-state index contributed by atoms with van der Waals surface area (Å²) in [5.41, 5.74) is 0. The molecule has 0 aromatic rings. The summed E-state index contributed by atoms with van der Waals surface area (Å²) >= 11 is 6.25. The molecule has 66 valence electrons. The normalized spacial score (nSPS) is 56.4. The summed E-state index contributed by atoms with van der Waals surface area (Å²) in [6, 6.07) is 0. The largest absolute Gasteiger partial charge is 0.299 e. The van der Waals surface area contributed by atoms with Gasteiger partial charge in [-0.25, -0.2) is 0 Å². The summed E-state index contributed by atoms with van der Waals surface area (Å²) < 4.78 is 0. The van der Waals surface area contributed by atoms with Crippen molar-refractivity contribution in [3.63, 3.8) is 0 Å². The Bertz CT molecular complexity index is 236. The molecule has 1 nitrogen and oxygen atoms in total. The number of carbonyl (C=O) groups excluding carboxylic acids is 1. The second kappa shape index (κ2) is 2.25. The predicted molar refractivity (Wildman–Crippen MR) is 47.1 cm³/mol. The first-order chi connectivity index (χ1) is 5.79. The van der Waals surface area contributed by atoms with Crippen LogP contribution in [0.15, 0.2) is 0 Å². The van der Waals surface area contributed by atoms with Crippen LogP contribution in [0.4, 0.5) is 0 Å². The smallest absolute Gasteiger partial charge is 0.138 e. The number of fused-ring (bicyclic) bond motifs is 5. The van der Waals surface area contributed by atoms with Gasteiger partial charge in [0.25, 0.3) is 0 Å². The van der Waals surface area contributed by atoms with Crippen molar-refractivity contribution in [2.75, 3.05) is 0 Å². The molecule has 12 heavy (non-hydrogen) atoms. The van der Waals surface area contributed by atoms with Crippen LogP contribution in [0, 0.1) is 23.7 Å². The molecule has 2 heteroatoms. The molecule has 0 aromatic heterocycles.